The highest BCUT2D eigenvalue weighted by atomic mass is 79.9. The molecule has 0 atom stereocenters. The van der Waals surface area contributed by atoms with E-state index in [0.29, 0.717) is 0 Å². The summed E-state index contributed by atoms with van der Waals surface area (Å²) in [4.78, 5) is 12.3. The zero-order valence-electron chi connectivity index (χ0n) is 6.49. The molecule has 12 heavy (non-hydrogen) atoms. The summed E-state index contributed by atoms with van der Waals surface area (Å²) in [5.74, 6) is 0. The molecule has 1 amide bonds. The molecule has 0 aliphatic heterocycles. The average Bonchev–Trinajstić information content (AvgIpc) is 2.03. The van der Waals surface area contributed by atoms with Gasteiger partial charge in [-0.2, -0.15) is 0 Å². The Morgan fingerprint density at radius 2 is 2.25 bits per heavy atom. The first-order chi connectivity index (χ1) is 5.61. The summed E-state index contributed by atoms with van der Waals surface area (Å²) in [6, 6.07) is 7.47. The molecule has 0 saturated heterocycles. The van der Waals surface area contributed by atoms with Crippen molar-refractivity contribution in [1.29, 1.82) is 0 Å². The Kier molecular flexibility index (Phi) is 3.17. The van der Waals surface area contributed by atoms with E-state index >= 15 is 0 Å². The summed E-state index contributed by atoms with van der Waals surface area (Å²) < 4.78 is 0.946. The van der Waals surface area contributed by atoms with Crippen LogP contribution in [0.4, 0.5) is 10.5 Å². The second-order valence-electron chi connectivity index (χ2n) is 2.32. The third-order valence-corrected chi connectivity index (χ3v) is 2.28. The lowest BCUT2D eigenvalue weighted by atomic mass is 10.3. The topological polar surface area (TPSA) is 20.3 Å². The summed E-state index contributed by atoms with van der Waals surface area (Å²) in [6.07, 6.45) is 0. The molecule has 0 spiro atoms. The van der Waals surface area contributed by atoms with Gasteiger partial charge in [-0.1, -0.05) is 34.6 Å². The van der Waals surface area contributed by atoms with E-state index in [2.05, 4.69) is 28.6 Å². The minimum atomic E-state index is -0.270. The number of carbonyl (C=O) groups is 1. The predicted molar refractivity (Wildman–Crippen MR) is 56.9 cm³/mol. The fourth-order valence-corrected chi connectivity index (χ4v) is 1.30. The number of benzene rings is 1. The van der Waals surface area contributed by atoms with Gasteiger partial charge in [0.15, 0.2) is 0 Å². The van der Waals surface area contributed by atoms with Crippen molar-refractivity contribution < 1.29 is 4.79 Å². The van der Waals surface area contributed by atoms with E-state index in [1.165, 1.54) is 4.90 Å². The summed E-state index contributed by atoms with van der Waals surface area (Å²) in [6.45, 7) is 0. The highest BCUT2D eigenvalue weighted by molar-refractivity contribution is 9.10. The Hall–Kier alpha value is -0.480. The van der Waals surface area contributed by atoms with E-state index in [1.54, 1.807) is 7.05 Å². The second-order valence-corrected chi connectivity index (χ2v) is 3.62. The van der Waals surface area contributed by atoms with E-state index in [1.807, 2.05) is 24.3 Å². The van der Waals surface area contributed by atoms with Crippen molar-refractivity contribution in [1.82, 2.24) is 0 Å². The predicted octanol–water partition coefficient (Wildman–Crippen LogP) is 2.94. The van der Waals surface area contributed by atoms with Gasteiger partial charge >= 0.3 is 0 Å². The van der Waals surface area contributed by atoms with Crippen molar-refractivity contribution in [3.63, 3.8) is 0 Å². The van der Waals surface area contributed by atoms with Gasteiger partial charge in [0, 0.05) is 17.2 Å². The van der Waals surface area contributed by atoms with Gasteiger partial charge in [0.25, 0.3) is 5.24 Å². The van der Waals surface area contributed by atoms with Crippen molar-refractivity contribution in [2.45, 2.75) is 0 Å². The first kappa shape index (κ1) is 9.61. The zero-order valence-corrected chi connectivity index (χ0v) is 8.97. The quantitative estimate of drug-likeness (QED) is 0.755. The van der Waals surface area contributed by atoms with Gasteiger partial charge in [-0.05, 0) is 18.2 Å². The molecule has 0 radical (unpaired) electrons. The molecule has 2 nitrogen and oxygen atoms in total. The number of thiol groups is 1. The molecule has 0 saturated carbocycles. The molecule has 0 fully saturated rings. The number of rotatable bonds is 1. The lowest BCUT2D eigenvalue weighted by Gasteiger charge is -2.13. The Bertz CT molecular complexity index is 303. The van der Waals surface area contributed by atoms with Crippen LogP contribution in [0, 0.1) is 0 Å². The second kappa shape index (κ2) is 3.96. The summed E-state index contributed by atoms with van der Waals surface area (Å²) in [5.41, 5.74) is 0.823. The van der Waals surface area contributed by atoms with Gasteiger partial charge in [-0.15, -0.1) is 0 Å². The van der Waals surface area contributed by atoms with Crippen LogP contribution < -0.4 is 4.90 Å². The van der Waals surface area contributed by atoms with E-state index in [4.69, 9.17) is 0 Å². The van der Waals surface area contributed by atoms with E-state index in [0.717, 1.165) is 10.2 Å². The van der Waals surface area contributed by atoms with Crippen LogP contribution in [-0.2, 0) is 0 Å². The number of nitrogens with zero attached hydrogens (tertiary/aromatic N) is 1. The molecular formula is C8H8BrNOS. The fourth-order valence-electron chi connectivity index (χ4n) is 0.795. The van der Waals surface area contributed by atoms with Crippen LogP contribution in [0.5, 0.6) is 0 Å². The molecule has 0 aliphatic rings. The SMILES string of the molecule is CN(C(=O)S)c1cccc(Br)c1. The smallest absolute Gasteiger partial charge is 0.282 e. The lowest BCUT2D eigenvalue weighted by molar-refractivity contribution is 0.266. The highest BCUT2D eigenvalue weighted by Gasteiger charge is 2.05. The summed E-state index contributed by atoms with van der Waals surface area (Å²) in [7, 11) is 1.68. The van der Waals surface area contributed by atoms with Crippen LogP contribution in [0.3, 0.4) is 0 Å². The number of carbonyl (C=O) groups excluding carboxylic acids is 1. The number of anilines is 1. The Labute approximate surface area is 85.1 Å². The monoisotopic (exact) mass is 245 g/mol. The maximum absolute atomic E-state index is 10.8. The molecule has 0 N–H and O–H groups in total. The first-order valence-electron chi connectivity index (χ1n) is 3.33. The van der Waals surface area contributed by atoms with E-state index < -0.39 is 0 Å². The zero-order chi connectivity index (χ0) is 9.14. The molecule has 4 heteroatoms. The van der Waals surface area contributed by atoms with Crippen LogP contribution >= 0.6 is 28.6 Å². The lowest BCUT2D eigenvalue weighted by Crippen LogP contribution is -2.19. The third kappa shape index (κ3) is 2.25. The maximum atomic E-state index is 10.8. The normalized spacial score (nSPS) is 9.58. The number of hydrogen-bond acceptors (Lipinski definition) is 1. The Morgan fingerprint density at radius 3 is 2.75 bits per heavy atom. The molecule has 0 bridgehead atoms. The van der Waals surface area contributed by atoms with Gasteiger partial charge in [-0.25, -0.2) is 0 Å². The fraction of sp³-hybridized carbons (Fsp3) is 0.125. The Balaban J connectivity index is 2.95. The highest BCUT2D eigenvalue weighted by Crippen LogP contribution is 2.19. The van der Waals surface area contributed by atoms with Crippen molar-refractivity contribution in [2.75, 3.05) is 11.9 Å². The minimum absolute atomic E-state index is 0.270. The van der Waals surface area contributed by atoms with Gasteiger partial charge in [0.05, 0.1) is 0 Å². The molecular weight excluding hydrogens is 238 g/mol. The van der Waals surface area contributed by atoms with Crippen LogP contribution in [0.25, 0.3) is 0 Å². The largest absolute Gasteiger partial charge is 0.307 e. The number of halogens is 1. The maximum Gasteiger partial charge on any atom is 0.282 e. The van der Waals surface area contributed by atoms with Crippen molar-refractivity contribution >= 4 is 39.5 Å². The standard InChI is InChI=1S/C8H8BrNOS/c1-10(8(11)12)7-4-2-3-6(9)5-7/h2-5H,1H3,(H,11,12). The van der Waals surface area contributed by atoms with Crippen molar-refractivity contribution in [3.05, 3.63) is 28.7 Å². The van der Waals surface area contributed by atoms with Crippen LogP contribution in [0.15, 0.2) is 28.7 Å². The van der Waals surface area contributed by atoms with Gasteiger partial charge in [0.2, 0.25) is 0 Å². The minimum Gasteiger partial charge on any atom is -0.307 e. The Morgan fingerprint density at radius 1 is 1.58 bits per heavy atom. The average molecular weight is 246 g/mol. The molecule has 0 aromatic heterocycles. The van der Waals surface area contributed by atoms with Gasteiger partial charge in [-0.3, -0.25) is 4.79 Å². The van der Waals surface area contributed by atoms with Crippen LogP contribution in [0.1, 0.15) is 0 Å². The third-order valence-electron chi connectivity index (χ3n) is 1.48. The molecule has 0 aliphatic carbocycles. The molecule has 1 aromatic carbocycles. The van der Waals surface area contributed by atoms with Crippen molar-refractivity contribution in [3.8, 4) is 0 Å². The van der Waals surface area contributed by atoms with Gasteiger partial charge in [0.1, 0.15) is 0 Å². The molecule has 0 unspecified atom stereocenters. The molecule has 1 aromatic rings. The van der Waals surface area contributed by atoms with Crippen molar-refractivity contribution in [2.24, 2.45) is 0 Å². The van der Waals surface area contributed by atoms with Gasteiger partial charge < -0.3 is 4.90 Å². The summed E-state index contributed by atoms with van der Waals surface area (Å²) in [5, 5.41) is -0.270. The molecule has 64 valence electrons. The summed E-state index contributed by atoms with van der Waals surface area (Å²) >= 11 is 7.03. The van der Waals surface area contributed by atoms with E-state index in [-0.39, 0.29) is 5.24 Å². The van der Waals surface area contributed by atoms with Crippen LogP contribution in [0.2, 0.25) is 0 Å². The molecule has 1 rings (SSSR count). The first-order valence-corrected chi connectivity index (χ1v) is 4.57. The molecule has 0 heterocycles. The van der Waals surface area contributed by atoms with Crippen LogP contribution in [-0.4, -0.2) is 12.3 Å². The van der Waals surface area contributed by atoms with E-state index in [9.17, 15) is 4.79 Å². The number of hydrogen-bond donors (Lipinski definition) is 1. The number of amides is 1.